The minimum absolute atomic E-state index is 0.00259. The summed E-state index contributed by atoms with van der Waals surface area (Å²) in [5.41, 5.74) is 0.925. The van der Waals surface area contributed by atoms with Crippen LogP contribution >= 0.6 is 11.3 Å². The molecule has 0 unspecified atom stereocenters. The van der Waals surface area contributed by atoms with E-state index in [1.807, 2.05) is 17.9 Å². The van der Waals surface area contributed by atoms with Gasteiger partial charge in [0.25, 0.3) is 5.91 Å². The van der Waals surface area contributed by atoms with Crippen molar-refractivity contribution in [1.29, 1.82) is 0 Å². The van der Waals surface area contributed by atoms with Gasteiger partial charge in [0.15, 0.2) is 0 Å². The fourth-order valence-corrected chi connectivity index (χ4v) is 6.59. The number of thiophene rings is 1. The summed E-state index contributed by atoms with van der Waals surface area (Å²) in [6.07, 6.45) is 8.97. The van der Waals surface area contributed by atoms with Crippen LogP contribution in [0.2, 0.25) is 0 Å². The third-order valence-corrected chi connectivity index (χ3v) is 9.08. The number of likely N-dealkylation sites (N-methyl/N-ethyl adjacent to an activating group) is 1. The second kappa shape index (κ2) is 10.8. The third kappa shape index (κ3) is 4.92. The number of hydrogen-bond acceptors (Lipinski definition) is 4. The van der Waals surface area contributed by atoms with E-state index in [-0.39, 0.29) is 17.9 Å². The Morgan fingerprint density at radius 1 is 1.18 bits per heavy atom. The number of nitrogens with zero attached hydrogens (tertiary/aromatic N) is 3. The maximum atomic E-state index is 13.9. The van der Waals surface area contributed by atoms with Crippen molar-refractivity contribution < 1.29 is 9.59 Å². The Morgan fingerprint density at radius 2 is 1.94 bits per heavy atom. The van der Waals surface area contributed by atoms with Gasteiger partial charge in [0.1, 0.15) is 11.2 Å². The minimum Gasteiger partial charge on any atom is -0.351 e. The summed E-state index contributed by atoms with van der Waals surface area (Å²) < 4.78 is 3.26. The Labute approximate surface area is 208 Å². The van der Waals surface area contributed by atoms with Gasteiger partial charge in [-0.1, -0.05) is 46.5 Å². The van der Waals surface area contributed by atoms with E-state index in [4.69, 9.17) is 0 Å². The normalized spacial score (nSPS) is 21.4. The van der Waals surface area contributed by atoms with Crippen LogP contribution in [0.5, 0.6) is 0 Å². The van der Waals surface area contributed by atoms with Crippen LogP contribution in [-0.2, 0) is 17.8 Å². The van der Waals surface area contributed by atoms with E-state index < -0.39 is 5.54 Å². The molecule has 0 radical (unpaired) electrons. The van der Waals surface area contributed by atoms with Crippen LogP contribution in [0.1, 0.15) is 88.0 Å². The van der Waals surface area contributed by atoms with E-state index in [0.29, 0.717) is 13.1 Å². The molecule has 188 valence electrons. The fourth-order valence-electron chi connectivity index (χ4n) is 5.55. The van der Waals surface area contributed by atoms with Crippen LogP contribution in [-0.4, -0.2) is 63.9 Å². The third-order valence-electron chi connectivity index (χ3n) is 7.86. The molecule has 6 nitrogen and oxygen atoms in total. The molecular formula is C27H42N4O2S. The molecule has 34 heavy (non-hydrogen) atoms. The molecule has 1 aliphatic carbocycles. The first kappa shape index (κ1) is 25.2. The van der Waals surface area contributed by atoms with Gasteiger partial charge in [0, 0.05) is 24.0 Å². The van der Waals surface area contributed by atoms with Crippen molar-refractivity contribution in [2.45, 2.75) is 97.2 Å². The van der Waals surface area contributed by atoms with Gasteiger partial charge in [-0.25, -0.2) is 0 Å². The van der Waals surface area contributed by atoms with E-state index in [0.717, 1.165) is 67.6 Å². The Morgan fingerprint density at radius 3 is 2.62 bits per heavy atom. The van der Waals surface area contributed by atoms with Crippen molar-refractivity contribution in [3.05, 3.63) is 22.7 Å². The summed E-state index contributed by atoms with van der Waals surface area (Å²) in [4.78, 5) is 33.3. The summed E-state index contributed by atoms with van der Waals surface area (Å²) >= 11 is 1.76. The number of carbonyl (C=O) groups is 2. The van der Waals surface area contributed by atoms with Crippen LogP contribution in [0.4, 0.5) is 0 Å². The molecule has 4 rings (SSSR count). The summed E-state index contributed by atoms with van der Waals surface area (Å²) in [7, 11) is 0. The molecule has 0 spiro atoms. The summed E-state index contributed by atoms with van der Waals surface area (Å²) in [5, 5.41) is 3.35. The van der Waals surface area contributed by atoms with Gasteiger partial charge >= 0.3 is 0 Å². The van der Waals surface area contributed by atoms with E-state index >= 15 is 0 Å². The second-order valence-electron chi connectivity index (χ2n) is 10.3. The average Bonchev–Trinajstić information content (AvgIpc) is 3.40. The first-order chi connectivity index (χ1) is 16.4. The zero-order chi connectivity index (χ0) is 24.3. The molecule has 2 aromatic heterocycles. The molecule has 1 fully saturated rings. The highest BCUT2D eigenvalue weighted by molar-refractivity contribution is 7.19. The maximum Gasteiger partial charge on any atom is 0.271 e. The van der Waals surface area contributed by atoms with Gasteiger partial charge in [-0.05, 0) is 57.8 Å². The number of rotatable bonds is 10. The summed E-state index contributed by atoms with van der Waals surface area (Å²) in [5.74, 6) is -0.0108. The van der Waals surface area contributed by atoms with Crippen molar-refractivity contribution >= 4 is 33.4 Å². The lowest BCUT2D eigenvalue weighted by Crippen LogP contribution is -2.65. The molecule has 3 heterocycles. The number of amides is 2. The molecule has 1 aliphatic heterocycles. The predicted octanol–water partition coefficient (Wildman–Crippen LogP) is 5.05. The zero-order valence-electron chi connectivity index (χ0n) is 21.5. The molecule has 0 bridgehead atoms. The van der Waals surface area contributed by atoms with Crippen LogP contribution < -0.4 is 5.32 Å². The van der Waals surface area contributed by atoms with Gasteiger partial charge in [0.2, 0.25) is 5.91 Å². The number of unbranched alkanes of at least 4 members (excludes halogenated alkanes) is 1. The smallest absolute Gasteiger partial charge is 0.271 e. The van der Waals surface area contributed by atoms with Gasteiger partial charge in [-0.2, -0.15) is 0 Å². The van der Waals surface area contributed by atoms with Crippen LogP contribution in [0.15, 0.2) is 12.1 Å². The Hall–Kier alpha value is -1.86. The quantitative estimate of drug-likeness (QED) is 0.511. The predicted molar refractivity (Wildman–Crippen MR) is 141 cm³/mol. The SMILES string of the molecule is CCCCN(CC)CCN1C(=O)c2cc3sc(CC)cc3n2C[C@]1(C)C(=O)NC1CCCCC1. The fraction of sp³-hybridized carbons (Fsp3) is 0.704. The van der Waals surface area contributed by atoms with Crippen LogP contribution in [0.3, 0.4) is 0 Å². The lowest BCUT2D eigenvalue weighted by molar-refractivity contribution is -0.133. The standard InChI is InChI=1S/C27H42N4O2S/c1-5-8-14-29(7-3)15-16-31-25(32)23-18-24-22(17-21(6-2)34-24)30(23)19-27(31,4)26(33)28-20-12-10-9-11-13-20/h17-18,20H,5-16,19H2,1-4H3,(H,28,33)/t27-/m1/s1. The van der Waals surface area contributed by atoms with Crippen LogP contribution in [0.25, 0.3) is 10.2 Å². The molecule has 2 aliphatic rings. The van der Waals surface area contributed by atoms with Gasteiger partial charge in [0.05, 0.1) is 16.8 Å². The number of aryl methyl sites for hydroxylation is 1. The van der Waals surface area contributed by atoms with Crippen molar-refractivity contribution in [1.82, 2.24) is 19.7 Å². The minimum atomic E-state index is -0.897. The average molecular weight is 487 g/mol. The number of carbonyl (C=O) groups excluding carboxylic acids is 2. The van der Waals surface area contributed by atoms with Crippen molar-refractivity contribution in [3.63, 3.8) is 0 Å². The highest BCUT2D eigenvalue weighted by Gasteiger charge is 2.48. The molecular weight excluding hydrogens is 444 g/mol. The number of fused-ring (bicyclic) bond motifs is 3. The number of nitrogens with one attached hydrogen (secondary N) is 1. The maximum absolute atomic E-state index is 13.9. The van der Waals surface area contributed by atoms with Gasteiger partial charge in [-0.3, -0.25) is 9.59 Å². The van der Waals surface area contributed by atoms with Crippen molar-refractivity contribution in [2.24, 2.45) is 0 Å². The highest BCUT2D eigenvalue weighted by atomic mass is 32.1. The van der Waals surface area contributed by atoms with Crippen LogP contribution in [0, 0.1) is 0 Å². The van der Waals surface area contributed by atoms with E-state index in [2.05, 4.69) is 41.6 Å². The first-order valence-electron chi connectivity index (χ1n) is 13.4. The van der Waals surface area contributed by atoms with Gasteiger partial charge in [-0.15, -0.1) is 11.3 Å². The Bertz CT molecular complexity index is 1010. The van der Waals surface area contributed by atoms with Crippen molar-refractivity contribution in [3.8, 4) is 0 Å². The Balaban J connectivity index is 1.64. The molecule has 7 heteroatoms. The first-order valence-corrected chi connectivity index (χ1v) is 14.2. The van der Waals surface area contributed by atoms with E-state index in [1.165, 1.54) is 24.1 Å². The second-order valence-corrected chi connectivity index (χ2v) is 11.4. The molecule has 0 saturated heterocycles. The largest absolute Gasteiger partial charge is 0.351 e. The molecule has 2 aromatic rings. The monoisotopic (exact) mass is 486 g/mol. The van der Waals surface area contributed by atoms with E-state index in [9.17, 15) is 9.59 Å². The molecule has 1 atom stereocenters. The number of aromatic nitrogens is 1. The Kier molecular flexibility index (Phi) is 8.03. The highest BCUT2D eigenvalue weighted by Crippen LogP contribution is 2.36. The zero-order valence-corrected chi connectivity index (χ0v) is 22.3. The molecule has 0 aromatic carbocycles. The molecule has 2 amide bonds. The molecule has 1 N–H and O–H groups in total. The van der Waals surface area contributed by atoms with Gasteiger partial charge < -0.3 is 19.7 Å². The van der Waals surface area contributed by atoms with Crippen molar-refractivity contribution in [2.75, 3.05) is 26.2 Å². The molecule has 1 saturated carbocycles. The summed E-state index contributed by atoms with van der Waals surface area (Å²) in [6, 6.07) is 4.47. The summed E-state index contributed by atoms with van der Waals surface area (Å²) in [6.45, 7) is 12.4. The topological polar surface area (TPSA) is 57.6 Å². The lowest BCUT2D eigenvalue weighted by atomic mass is 9.91. The number of hydrogen-bond donors (Lipinski definition) is 1. The lowest BCUT2D eigenvalue weighted by Gasteiger charge is -2.45. The van der Waals surface area contributed by atoms with E-state index in [1.54, 1.807) is 11.3 Å².